The number of amides is 1. The molecule has 2 aliphatic rings. The Morgan fingerprint density at radius 1 is 1.18 bits per heavy atom. The third kappa shape index (κ3) is 4.59. The van der Waals surface area contributed by atoms with Crippen LogP contribution in [0, 0.1) is 5.41 Å². The number of aromatic carboxylic acids is 1. The second-order valence-corrected chi connectivity index (χ2v) is 10.9. The molecule has 0 bridgehead atoms. The van der Waals surface area contributed by atoms with E-state index in [0.29, 0.717) is 40.8 Å². The predicted octanol–water partition coefficient (Wildman–Crippen LogP) is 6.01. The van der Waals surface area contributed by atoms with Crippen molar-refractivity contribution in [2.24, 2.45) is 10.4 Å². The zero-order valence-corrected chi connectivity index (χ0v) is 21.2. The Morgan fingerprint density at radius 2 is 1.79 bits per heavy atom. The molecule has 1 saturated heterocycles. The van der Waals surface area contributed by atoms with Gasteiger partial charge in [0.15, 0.2) is 0 Å². The van der Waals surface area contributed by atoms with E-state index in [4.69, 9.17) is 32.9 Å². The number of carbonyl (C=O) groups excluding carboxylic acids is 1. The maximum Gasteiger partial charge on any atom is 0.335 e. The summed E-state index contributed by atoms with van der Waals surface area (Å²) in [4.78, 5) is 32.1. The zero-order chi connectivity index (χ0) is 24.8. The fourth-order valence-electron chi connectivity index (χ4n) is 4.78. The topological polar surface area (TPSA) is 79.2 Å². The Kier molecular flexibility index (Phi) is 6.53. The highest BCUT2D eigenvalue weighted by Gasteiger charge is 2.53. The van der Waals surface area contributed by atoms with Crippen molar-refractivity contribution in [2.75, 3.05) is 6.61 Å². The fraction of sp³-hybridized carbons (Fsp3) is 0.423. The van der Waals surface area contributed by atoms with Crippen LogP contribution in [0.4, 0.5) is 0 Å². The summed E-state index contributed by atoms with van der Waals surface area (Å²) in [7, 11) is 0. The fourth-order valence-corrected chi connectivity index (χ4v) is 5.31. The standard InChI is InChI=1S/C26H28Cl2N2O4/c1-15(16-5-7-17(8-6-16)24(32)33)30-23(31)22(18-11-19(27)13-20(28)12-18)29-26(30)9-10-34-21(14-26)25(2,3)4/h5-8,11-13,15,21H,9-10,14H2,1-4H3,(H,32,33)/t15-,21?,26?/m1/s1. The maximum absolute atomic E-state index is 13.9. The molecule has 4 rings (SSSR count). The molecule has 3 atom stereocenters. The molecular weight excluding hydrogens is 475 g/mol. The number of rotatable bonds is 4. The first-order valence-electron chi connectivity index (χ1n) is 11.3. The molecule has 1 amide bonds. The van der Waals surface area contributed by atoms with E-state index < -0.39 is 11.6 Å². The normalized spacial score (nSPS) is 23.8. The Hall–Kier alpha value is -2.41. The summed E-state index contributed by atoms with van der Waals surface area (Å²) in [6.07, 6.45) is 1.02. The van der Waals surface area contributed by atoms with Crippen molar-refractivity contribution in [3.8, 4) is 0 Å². The Labute approximate surface area is 209 Å². The van der Waals surface area contributed by atoms with Gasteiger partial charge < -0.3 is 14.7 Å². The first kappa shape index (κ1) is 24.7. The van der Waals surface area contributed by atoms with Crippen LogP contribution in [-0.4, -0.2) is 46.0 Å². The molecule has 2 aromatic carbocycles. The monoisotopic (exact) mass is 502 g/mol. The molecule has 180 valence electrons. The second-order valence-electron chi connectivity index (χ2n) is 10.1. The first-order chi connectivity index (χ1) is 15.9. The van der Waals surface area contributed by atoms with Crippen LogP contribution in [0.2, 0.25) is 10.0 Å². The number of nitrogens with zero attached hydrogens (tertiary/aromatic N) is 2. The van der Waals surface area contributed by atoms with Gasteiger partial charge in [0, 0.05) is 28.5 Å². The van der Waals surface area contributed by atoms with E-state index in [2.05, 4.69) is 20.8 Å². The highest BCUT2D eigenvalue weighted by molar-refractivity contribution is 6.47. The number of ether oxygens (including phenoxy) is 1. The van der Waals surface area contributed by atoms with Crippen LogP contribution < -0.4 is 0 Å². The van der Waals surface area contributed by atoms with E-state index in [0.717, 1.165) is 5.56 Å². The van der Waals surface area contributed by atoms with Crippen molar-refractivity contribution >= 4 is 40.8 Å². The Bertz CT molecular complexity index is 1140. The van der Waals surface area contributed by atoms with Crippen LogP contribution in [0.3, 0.4) is 0 Å². The van der Waals surface area contributed by atoms with Crippen LogP contribution in [0.15, 0.2) is 47.5 Å². The molecule has 2 aliphatic heterocycles. The molecule has 34 heavy (non-hydrogen) atoms. The smallest absolute Gasteiger partial charge is 0.335 e. The van der Waals surface area contributed by atoms with Gasteiger partial charge in [-0.15, -0.1) is 0 Å². The number of carbonyl (C=O) groups is 2. The lowest BCUT2D eigenvalue weighted by Gasteiger charge is -2.47. The van der Waals surface area contributed by atoms with Gasteiger partial charge in [-0.2, -0.15) is 0 Å². The summed E-state index contributed by atoms with van der Waals surface area (Å²) in [5.74, 6) is -1.20. The van der Waals surface area contributed by atoms with E-state index in [-0.39, 0.29) is 29.0 Å². The molecule has 2 unspecified atom stereocenters. The SMILES string of the molecule is C[C@H](c1ccc(C(=O)O)cc1)N1C(=O)C(c2cc(Cl)cc(Cl)c2)=NC12CCOC(C(C)(C)C)C2. The van der Waals surface area contributed by atoms with Gasteiger partial charge in [0.25, 0.3) is 5.91 Å². The molecule has 2 aromatic rings. The number of aliphatic imine (C=N–C) groups is 1. The second kappa shape index (κ2) is 8.99. The number of hydrogen-bond donors (Lipinski definition) is 1. The van der Waals surface area contributed by atoms with Gasteiger partial charge in [-0.25, -0.2) is 4.79 Å². The molecule has 0 radical (unpaired) electrons. The van der Waals surface area contributed by atoms with Crippen molar-refractivity contribution in [1.82, 2.24) is 4.90 Å². The molecule has 2 heterocycles. The van der Waals surface area contributed by atoms with Crippen LogP contribution in [0.1, 0.15) is 68.1 Å². The maximum atomic E-state index is 13.9. The van der Waals surface area contributed by atoms with E-state index in [1.165, 1.54) is 0 Å². The van der Waals surface area contributed by atoms with Crippen LogP contribution in [0.5, 0.6) is 0 Å². The Morgan fingerprint density at radius 3 is 2.35 bits per heavy atom. The van der Waals surface area contributed by atoms with Gasteiger partial charge in [-0.3, -0.25) is 9.79 Å². The Balaban J connectivity index is 1.80. The molecule has 1 spiro atoms. The number of halogens is 2. The summed E-state index contributed by atoms with van der Waals surface area (Å²) in [6, 6.07) is 11.3. The largest absolute Gasteiger partial charge is 0.478 e. The lowest BCUT2D eigenvalue weighted by molar-refractivity contribution is -0.144. The number of hydrogen-bond acceptors (Lipinski definition) is 4. The van der Waals surface area contributed by atoms with Crippen LogP contribution in [-0.2, 0) is 9.53 Å². The molecule has 6 nitrogen and oxygen atoms in total. The van der Waals surface area contributed by atoms with Gasteiger partial charge in [-0.1, -0.05) is 56.1 Å². The third-order valence-electron chi connectivity index (χ3n) is 6.65. The van der Waals surface area contributed by atoms with E-state index in [1.54, 1.807) is 42.5 Å². The minimum Gasteiger partial charge on any atom is -0.478 e. The van der Waals surface area contributed by atoms with Gasteiger partial charge in [0.1, 0.15) is 11.4 Å². The molecule has 0 saturated carbocycles. The third-order valence-corrected chi connectivity index (χ3v) is 7.09. The number of carboxylic acid groups (broad SMARTS) is 1. The summed E-state index contributed by atoms with van der Waals surface area (Å²) in [5, 5.41) is 10.1. The summed E-state index contributed by atoms with van der Waals surface area (Å²) in [6.45, 7) is 8.78. The molecule has 8 heteroatoms. The molecule has 1 fully saturated rings. The highest BCUT2D eigenvalue weighted by Crippen LogP contribution is 2.46. The average Bonchev–Trinajstić information content (AvgIpc) is 3.03. The van der Waals surface area contributed by atoms with Crippen molar-refractivity contribution in [3.05, 3.63) is 69.2 Å². The van der Waals surface area contributed by atoms with Crippen molar-refractivity contribution in [2.45, 2.75) is 58.3 Å². The zero-order valence-electron chi connectivity index (χ0n) is 19.6. The molecule has 0 aromatic heterocycles. The van der Waals surface area contributed by atoms with E-state index in [9.17, 15) is 14.7 Å². The first-order valence-corrected chi connectivity index (χ1v) is 12.0. The van der Waals surface area contributed by atoms with Crippen molar-refractivity contribution in [3.63, 3.8) is 0 Å². The van der Waals surface area contributed by atoms with Crippen LogP contribution in [0.25, 0.3) is 0 Å². The molecule has 0 aliphatic carbocycles. The van der Waals surface area contributed by atoms with E-state index >= 15 is 0 Å². The number of benzene rings is 2. The molecule has 1 N–H and O–H groups in total. The van der Waals surface area contributed by atoms with Crippen LogP contribution >= 0.6 is 23.2 Å². The lowest BCUT2D eigenvalue weighted by atomic mass is 9.80. The summed E-state index contributed by atoms with van der Waals surface area (Å²) >= 11 is 12.5. The average molecular weight is 503 g/mol. The minimum absolute atomic E-state index is 0.0933. The summed E-state index contributed by atoms with van der Waals surface area (Å²) < 4.78 is 6.10. The van der Waals surface area contributed by atoms with Gasteiger partial charge in [0.2, 0.25) is 0 Å². The van der Waals surface area contributed by atoms with E-state index in [1.807, 2.05) is 11.8 Å². The number of carboxylic acids is 1. The van der Waals surface area contributed by atoms with Gasteiger partial charge in [-0.05, 0) is 48.2 Å². The quantitative estimate of drug-likeness (QED) is 0.555. The van der Waals surface area contributed by atoms with Gasteiger partial charge in [0.05, 0.1) is 24.3 Å². The summed E-state index contributed by atoms with van der Waals surface area (Å²) in [5.41, 5.74) is 1.01. The van der Waals surface area contributed by atoms with Crippen molar-refractivity contribution in [1.29, 1.82) is 0 Å². The van der Waals surface area contributed by atoms with Gasteiger partial charge >= 0.3 is 5.97 Å². The van der Waals surface area contributed by atoms with Crippen molar-refractivity contribution < 1.29 is 19.4 Å². The predicted molar refractivity (Wildman–Crippen MR) is 133 cm³/mol. The highest BCUT2D eigenvalue weighted by atomic mass is 35.5. The lowest BCUT2D eigenvalue weighted by Crippen LogP contribution is -2.55. The minimum atomic E-state index is -0.992. The molecular formula is C26H28Cl2N2O4.